The van der Waals surface area contributed by atoms with Crippen molar-refractivity contribution in [2.24, 2.45) is 0 Å². The number of hydrogen-bond acceptors (Lipinski definition) is 3. The predicted octanol–water partition coefficient (Wildman–Crippen LogP) is 2.03. The van der Waals surface area contributed by atoms with Gasteiger partial charge in [0, 0.05) is 18.0 Å². The maximum absolute atomic E-state index is 11.8. The molecule has 1 rings (SSSR count). The maximum Gasteiger partial charge on any atom is 0.303 e. The van der Waals surface area contributed by atoms with Gasteiger partial charge in [0.15, 0.2) is 0 Å². The monoisotopic (exact) mass is 271 g/mol. The number of halogens is 1. The molecule has 0 aliphatic rings. The van der Waals surface area contributed by atoms with Gasteiger partial charge in [-0.15, -0.1) is 0 Å². The Bertz CT molecular complexity index is 461. The molecule has 18 heavy (non-hydrogen) atoms. The Balaban J connectivity index is 2.59. The number of amides is 1. The Hall–Kier alpha value is -1.75. The van der Waals surface area contributed by atoms with Crippen LogP contribution in [0.25, 0.3) is 0 Å². The molecular formula is C12H14ClNO4. The summed E-state index contributed by atoms with van der Waals surface area (Å²) < 4.78 is 0. The molecule has 1 amide bonds. The van der Waals surface area contributed by atoms with Crippen LogP contribution in [0.3, 0.4) is 0 Å². The fraction of sp³-hybridized carbons (Fsp3) is 0.333. The third-order valence-electron chi connectivity index (χ3n) is 2.38. The zero-order valence-electron chi connectivity index (χ0n) is 9.81. The predicted molar refractivity (Wildman–Crippen MR) is 66.9 cm³/mol. The Labute approximate surface area is 109 Å². The molecule has 1 unspecified atom stereocenters. The van der Waals surface area contributed by atoms with Crippen LogP contribution in [0.1, 0.15) is 30.1 Å². The number of carboxylic acid groups (broad SMARTS) is 1. The Morgan fingerprint density at radius 2 is 2.11 bits per heavy atom. The number of carboxylic acids is 1. The second kappa shape index (κ2) is 6.26. The quantitative estimate of drug-likeness (QED) is 0.765. The molecule has 0 aromatic heterocycles. The van der Waals surface area contributed by atoms with Crippen molar-refractivity contribution in [1.82, 2.24) is 5.32 Å². The zero-order chi connectivity index (χ0) is 13.7. The average molecular weight is 272 g/mol. The van der Waals surface area contributed by atoms with Crippen molar-refractivity contribution in [3.05, 3.63) is 28.8 Å². The van der Waals surface area contributed by atoms with Crippen molar-refractivity contribution in [2.75, 3.05) is 0 Å². The van der Waals surface area contributed by atoms with Crippen LogP contribution >= 0.6 is 11.6 Å². The summed E-state index contributed by atoms with van der Waals surface area (Å²) in [5, 5.41) is 20.5. The highest BCUT2D eigenvalue weighted by molar-refractivity contribution is 6.32. The number of aromatic hydroxyl groups is 1. The number of benzene rings is 1. The van der Waals surface area contributed by atoms with E-state index in [9.17, 15) is 14.7 Å². The Morgan fingerprint density at radius 1 is 1.44 bits per heavy atom. The molecule has 0 spiro atoms. The minimum Gasteiger partial charge on any atom is -0.506 e. The van der Waals surface area contributed by atoms with Crippen LogP contribution < -0.4 is 5.32 Å². The molecule has 0 saturated heterocycles. The second-order valence-electron chi connectivity index (χ2n) is 3.97. The van der Waals surface area contributed by atoms with Crippen LogP contribution in [-0.4, -0.2) is 28.1 Å². The number of carbonyl (C=O) groups is 2. The van der Waals surface area contributed by atoms with E-state index in [4.69, 9.17) is 16.7 Å². The summed E-state index contributed by atoms with van der Waals surface area (Å²) in [6.45, 7) is 1.73. The van der Waals surface area contributed by atoms with E-state index in [0.29, 0.717) is 12.0 Å². The molecular weight excluding hydrogens is 258 g/mol. The van der Waals surface area contributed by atoms with E-state index >= 15 is 0 Å². The minimum atomic E-state index is -0.899. The molecule has 1 atom stereocenters. The fourth-order valence-corrected chi connectivity index (χ4v) is 1.55. The minimum absolute atomic E-state index is 0.00220. The van der Waals surface area contributed by atoms with E-state index in [2.05, 4.69) is 5.32 Å². The largest absolute Gasteiger partial charge is 0.506 e. The van der Waals surface area contributed by atoms with Gasteiger partial charge in [-0.1, -0.05) is 11.6 Å². The summed E-state index contributed by atoms with van der Waals surface area (Å²) >= 11 is 5.69. The lowest BCUT2D eigenvalue weighted by Gasteiger charge is -2.13. The first-order valence-electron chi connectivity index (χ1n) is 5.41. The first-order valence-corrected chi connectivity index (χ1v) is 5.79. The number of aliphatic carboxylic acids is 1. The van der Waals surface area contributed by atoms with Crippen LogP contribution in [0.15, 0.2) is 18.2 Å². The number of nitrogens with one attached hydrogen (secondary N) is 1. The van der Waals surface area contributed by atoms with Gasteiger partial charge >= 0.3 is 5.97 Å². The summed E-state index contributed by atoms with van der Waals surface area (Å²) in [4.78, 5) is 22.1. The van der Waals surface area contributed by atoms with Crippen LogP contribution in [0.2, 0.25) is 5.02 Å². The molecule has 0 radical (unpaired) electrons. The van der Waals surface area contributed by atoms with E-state index in [-0.39, 0.29) is 29.1 Å². The van der Waals surface area contributed by atoms with Crippen LogP contribution in [-0.2, 0) is 4.79 Å². The van der Waals surface area contributed by atoms with E-state index in [0.717, 1.165) is 0 Å². The first kappa shape index (κ1) is 14.3. The summed E-state index contributed by atoms with van der Waals surface area (Å²) in [5.74, 6) is -1.34. The number of rotatable bonds is 5. The van der Waals surface area contributed by atoms with Crippen molar-refractivity contribution >= 4 is 23.5 Å². The van der Waals surface area contributed by atoms with Gasteiger partial charge in [0.1, 0.15) is 5.75 Å². The maximum atomic E-state index is 11.8. The highest BCUT2D eigenvalue weighted by atomic mass is 35.5. The van der Waals surface area contributed by atoms with Crippen molar-refractivity contribution in [3.63, 3.8) is 0 Å². The lowest BCUT2D eigenvalue weighted by molar-refractivity contribution is -0.137. The van der Waals surface area contributed by atoms with E-state index in [1.165, 1.54) is 18.2 Å². The zero-order valence-corrected chi connectivity index (χ0v) is 10.6. The van der Waals surface area contributed by atoms with Gasteiger partial charge in [-0.25, -0.2) is 0 Å². The third-order valence-corrected chi connectivity index (χ3v) is 2.68. The number of phenolic OH excluding ortho intramolecular Hbond substituents is 1. The highest BCUT2D eigenvalue weighted by Crippen LogP contribution is 2.23. The summed E-state index contributed by atoms with van der Waals surface area (Å²) in [7, 11) is 0. The summed E-state index contributed by atoms with van der Waals surface area (Å²) in [6, 6.07) is 3.89. The van der Waals surface area contributed by atoms with Crippen LogP contribution in [0, 0.1) is 0 Å². The normalized spacial score (nSPS) is 11.9. The number of carbonyl (C=O) groups excluding carboxylic acids is 1. The van der Waals surface area contributed by atoms with Gasteiger partial charge in [0.25, 0.3) is 5.91 Å². The van der Waals surface area contributed by atoms with E-state index in [1.807, 2.05) is 0 Å². The molecule has 6 heteroatoms. The van der Waals surface area contributed by atoms with Gasteiger partial charge in [0.2, 0.25) is 0 Å². The molecule has 0 aliphatic carbocycles. The standard InChI is InChI=1S/C12H14ClNO4/c1-7(2-5-11(16)17)14-12(18)8-3-4-10(15)9(13)6-8/h3-4,6-7,15H,2,5H2,1H3,(H,14,18)(H,16,17). The lowest BCUT2D eigenvalue weighted by Crippen LogP contribution is -2.32. The van der Waals surface area contributed by atoms with E-state index < -0.39 is 5.97 Å². The molecule has 0 fully saturated rings. The number of phenols is 1. The third kappa shape index (κ3) is 4.25. The van der Waals surface area contributed by atoms with Crippen LogP contribution in [0.5, 0.6) is 5.75 Å². The SMILES string of the molecule is CC(CCC(=O)O)NC(=O)c1ccc(O)c(Cl)c1. The van der Waals surface area contributed by atoms with Crippen molar-refractivity contribution in [3.8, 4) is 5.75 Å². The molecule has 3 N–H and O–H groups in total. The molecule has 98 valence electrons. The first-order chi connectivity index (χ1) is 8.40. The smallest absolute Gasteiger partial charge is 0.303 e. The van der Waals surface area contributed by atoms with Crippen molar-refractivity contribution in [2.45, 2.75) is 25.8 Å². The van der Waals surface area contributed by atoms with E-state index in [1.54, 1.807) is 6.92 Å². The Morgan fingerprint density at radius 3 is 2.67 bits per heavy atom. The molecule has 1 aromatic rings. The lowest BCUT2D eigenvalue weighted by atomic mass is 10.1. The number of hydrogen-bond donors (Lipinski definition) is 3. The van der Waals surface area contributed by atoms with Crippen molar-refractivity contribution < 1.29 is 19.8 Å². The van der Waals surface area contributed by atoms with Gasteiger partial charge in [-0.3, -0.25) is 9.59 Å². The molecule has 0 heterocycles. The highest BCUT2D eigenvalue weighted by Gasteiger charge is 2.12. The van der Waals surface area contributed by atoms with Crippen LogP contribution in [0.4, 0.5) is 0 Å². The topological polar surface area (TPSA) is 86.6 Å². The van der Waals surface area contributed by atoms with Gasteiger partial charge in [0.05, 0.1) is 5.02 Å². The van der Waals surface area contributed by atoms with Crippen molar-refractivity contribution in [1.29, 1.82) is 0 Å². The summed E-state index contributed by atoms with van der Waals surface area (Å²) in [5.41, 5.74) is 0.319. The second-order valence-corrected chi connectivity index (χ2v) is 4.38. The molecule has 5 nitrogen and oxygen atoms in total. The average Bonchev–Trinajstić information content (AvgIpc) is 2.30. The van der Waals surface area contributed by atoms with Gasteiger partial charge < -0.3 is 15.5 Å². The van der Waals surface area contributed by atoms with Gasteiger partial charge in [-0.2, -0.15) is 0 Å². The fourth-order valence-electron chi connectivity index (χ4n) is 1.37. The summed E-state index contributed by atoms with van der Waals surface area (Å²) in [6.07, 6.45) is 0.352. The molecule has 0 bridgehead atoms. The molecule has 0 aliphatic heterocycles. The molecule has 1 aromatic carbocycles. The molecule has 0 saturated carbocycles. The Kier molecular flexibility index (Phi) is 4.97. The van der Waals surface area contributed by atoms with Gasteiger partial charge in [-0.05, 0) is 31.5 Å².